The number of fused-ring (bicyclic) bond motifs is 1. The highest BCUT2D eigenvalue weighted by Gasteiger charge is 2.18. The summed E-state index contributed by atoms with van der Waals surface area (Å²) in [5.41, 5.74) is 1.55. The number of hydrogen-bond acceptors (Lipinski definition) is 2. The van der Waals surface area contributed by atoms with Gasteiger partial charge in [0.05, 0.1) is 17.7 Å². The first kappa shape index (κ1) is 13.0. The fraction of sp³-hybridized carbons (Fsp3) is 0.357. The van der Waals surface area contributed by atoms with Gasteiger partial charge in [-0.15, -0.1) is 0 Å². The largest absolute Gasteiger partial charge is 0.494 e. The lowest BCUT2D eigenvalue weighted by molar-refractivity contribution is 0.101. The molecule has 0 saturated heterocycles. The molecule has 2 rings (SSSR count). The van der Waals surface area contributed by atoms with E-state index in [0.717, 1.165) is 23.2 Å². The normalized spacial score (nSPS) is 10.9. The third-order valence-corrected chi connectivity index (χ3v) is 3.34. The predicted octanol–water partition coefficient (Wildman–Crippen LogP) is 3.92. The Morgan fingerprint density at radius 1 is 1.39 bits per heavy atom. The Bertz CT molecular complexity index is 601. The van der Waals surface area contributed by atoms with Crippen LogP contribution >= 0.6 is 11.6 Å². The number of benzene rings is 1. The van der Waals surface area contributed by atoms with Crippen LogP contribution < -0.4 is 4.74 Å². The van der Waals surface area contributed by atoms with Crippen molar-refractivity contribution in [3.8, 4) is 5.75 Å². The lowest BCUT2D eigenvalue weighted by Crippen LogP contribution is -1.95. The van der Waals surface area contributed by atoms with Gasteiger partial charge in [-0.25, -0.2) is 0 Å². The molecule has 0 unspecified atom stereocenters. The first-order chi connectivity index (χ1) is 8.60. The van der Waals surface area contributed by atoms with Gasteiger partial charge < -0.3 is 9.30 Å². The Kier molecular flexibility index (Phi) is 3.62. The van der Waals surface area contributed by atoms with E-state index in [1.165, 1.54) is 6.92 Å². The number of rotatable bonds is 4. The van der Waals surface area contributed by atoms with Gasteiger partial charge in [0.1, 0.15) is 10.9 Å². The first-order valence-electron chi connectivity index (χ1n) is 6.05. The van der Waals surface area contributed by atoms with E-state index < -0.39 is 0 Å². The summed E-state index contributed by atoms with van der Waals surface area (Å²) < 4.78 is 7.40. The molecule has 96 valence electrons. The van der Waals surface area contributed by atoms with Crippen LogP contribution in [0.3, 0.4) is 0 Å². The smallest absolute Gasteiger partial charge is 0.163 e. The van der Waals surface area contributed by atoms with Crippen LogP contribution in [-0.2, 0) is 6.54 Å². The molecule has 0 aliphatic carbocycles. The standard InChI is InChI=1S/C14H16ClNO2/c1-4-16-12-7-6-10(18-5-2)8-11(12)13(9(3)17)14(16)15/h6-8H,4-5H2,1-3H3. The molecule has 2 aromatic rings. The highest BCUT2D eigenvalue weighted by molar-refractivity contribution is 6.35. The minimum atomic E-state index is -0.0224. The van der Waals surface area contributed by atoms with Crippen LogP contribution in [0.5, 0.6) is 5.75 Å². The molecule has 4 heteroatoms. The van der Waals surface area contributed by atoms with Gasteiger partial charge in [0, 0.05) is 11.9 Å². The van der Waals surface area contributed by atoms with Crippen LogP contribution in [0.4, 0.5) is 0 Å². The molecule has 18 heavy (non-hydrogen) atoms. The topological polar surface area (TPSA) is 31.2 Å². The Balaban J connectivity index is 2.75. The van der Waals surface area contributed by atoms with Crippen LogP contribution in [0.25, 0.3) is 10.9 Å². The number of Topliss-reactive ketones (excluding diaryl/α,β-unsaturated/α-hetero) is 1. The van der Waals surface area contributed by atoms with Gasteiger partial charge in [-0.1, -0.05) is 11.6 Å². The van der Waals surface area contributed by atoms with Crippen molar-refractivity contribution < 1.29 is 9.53 Å². The van der Waals surface area contributed by atoms with Crippen molar-refractivity contribution >= 4 is 28.3 Å². The molecule has 0 spiro atoms. The zero-order chi connectivity index (χ0) is 13.3. The maximum atomic E-state index is 11.7. The molecule has 0 atom stereocenters. The third-order valence-electron chi connectivity index (χ3n) is 2.95. The number of carbonyl (C=O) groups is 1. The maximum Gasteiger partial charge on any atom is 0.163 e. The van der Waals surface area contributed by atoms with E-state index in [9.17, 15) is 4.79 Å². The molecule has 0 aliphatic heterocycles. The highest BCUT2D eigenvalue weighted by atomic mass is 35.5. The molecule has 3 nitrogen and oxygen atoms in total. The van der Waals surface area contributed by atoms with Gasteiger partial charge in [0.15, 0.2) is 5.78 Å². The fourth-order valence-corrected chi connectivity index (χ4v) is 2.65. The van der Waals surface area contributed by atoms with Crippen molar-refractivity contribution in [2.75, 3.05) is 6.61 Å². The quantitative estimate of drug-likeness (QED) is 0.785. The second-order valence-electron chi connectivity index (χ2n) is 4.08. The maximum absolute atomic E-state index is 11.7. The summed E-state index contributed by atoms with van der Waals surface area (Å²) in [6.45, 7) is 6.81. The summed E-state index contributed by atoms with van der Waals surface area (Å²) in [4.78, 5) is 11.7. The number of hydrogen-bond donors (Lipinski definition) is 0. The van der Waals surface area contributed by atoms with Crippen molar-refractivity contribution in [1.82, 2.24) is 4.57 Å². The van der Waals surface area contributed by atoms with Gasteiger partial charge in [-0.3, -0.25) is 4.79 Å². The third kappa shape index (κ3) is 1.99. The van der Waals surface area contributed by atoms with Gasteiger partial charge in [-0.05, 0) is 39.0 Å². The van der Waals surface area contributed by atoms with E-state index in [-0.39, 0.29) is 5.78 Å². The molecule has 1 aromatic heterocycles. The van der Waals surface area contributed by atoms with Crippen molar-refractivity contribution in [2.45, 2.75) is 27.3 Å². The number of nitrogens with zero attached hydrogens (tertiary/aromatic N) is 1. The average molecular weight is 266 g/mol. The van der Waals surface area contributed by atoms with Gasteiger partial charge >= 0.3 is 0 Å². The monoisotopic (exact) mass is 265 g/mol. The van der Waals surface area contributed by atoms with Crippen molar-refractivity contribution in [1.29, 1.82) is 0 Å². The molecule has 0 bridgehead atoms. The average Bonchev–Trinajstić information content (AvgIpc) is 2.60. The Morgan fingerprint density at radius 3 is 2.67 bits per heavy atom. The molecule has 0 saturated carbocycles. The van der Waals surface area contributed by atoms with Crippen LogP contribution in [0, 0.1) is 0 Å². The number of aromatic nitrogens is 1. The zero-order valence-electron chi connectivity index (χ0n) is 10.8. The number of ketones is 1. The molecule has 0 N–H and O–H groups in total. The van der Waals surface area contributed by atoms with E-state index >= 15 is 0 Å². The molecule has 1 aromatic carbocycles. The van der Waals surface area contributed by atoms with E-state index in [1.807, 2.05) is 36.6 Å². The second-order valence-corrected chi connectivity index (χ2v) is 4.44. The van der Waals surface area contributed by atoms with Crippen LogP contribution in [0.2, 0.25) is 5.15 Å². The number of aryl methyl sites for hydroxylation is 1. The summed E-state index contributed by atoms with van der Waals surface area (Å²) in [7, 11) is 0. The minimum absolute atomic E-state index is 0.0224. The molecule has 1 heterocycles. The number of halogens is 1. The summed E-state index contributed by atoms with van der Waals surface area (Å²) in [6.07, 6.45) is 0. The zero-order valence-corrected chi connectivity index (χ0v) is 11.5. The Labute approximate surface area is 111 Å². The Hall–Kier alpha value is -1.48. The van der Waals surface area contributed by atoms with Crippen molar-refractivity contribution in [3.63, 3.8) is 0 Å². The van der Waals surface area contributed by atoms with Gasteiger partial charge in [-0.2, -0.15) is 0 Å². The van der Waals surface area contributed by atoms with Crippen molar-refractivity contribution in [2.24, 2.45) is 0 Å². The lowest BCUT2D eigenvalue weighted by atomic mass is 10.1. The SMILES string of the molecule is CCOc1ccc2c(c1)c(C(C)=O)c(Cl)n2CC. The summed E-state index contributed by atoms with van der Waals surface area (Å²) in [5.74, 6) is 0.739. The van der Waals surface area contributed by atoms with Crippen LogP contribution in [-0.4, -0.2) is 17.0 Å². The molecule has 0 amide bonds. The molecular formula is C14H16ClNO2. The second kappa shape index (κ2) is 5.02. The fourth-order valence-electron chi connectivity index (χ4n) is 2.20. The van der Waals surface area contributed by atoms with Gasteiger partial charge in [0.2, 0.25) is 0 Å². The van der Waals surface area contributed by atoms with Gasteiger partial charge in [0.25, 0.3) is 0 Å². The first-order valence-corrected chi connectivity index (χ1v) is 6.43. The molecule has 0 radical (unpaired) electrons. The van der Waals surface area contributed by atoms with Crippen LogP contribution in [0.1, 0.15) is 31.1 Å². The molecular weight excluding hydrogens is 250 g/mol. The predicted molar refractivity (Wildman–Crippen MR) is 73.8 cm³/mol. The van der Waals surface area contributed by atoms with E-state index in [4.69, 9.17) is 16.3 Å². The summed E-state index contributed by atoms with van der Waals surface area (Å²) in [5, 5.41) is 1.37. The Morgan fingerprint density at radius 2 is 2.11 bits per heavy atom. The summed E-state index contributed by atoms with van der Waals surface area (Å²) in [6, 6.07) is 5.73. The lowest BCUT2D eigenvalue weighted by Gasteiger charge is -2.04. The molecule has 0 aliphatic rings. The van der Waals surface area contributed by atoms with Crippen molar-refractivity contribution in [3.05, 3.63) is 28.9 Å². The minimum Gasteiger partial charge on any atom is -0.494 e. The van der Waals surface area contributed by atoms with E-state index in [1.54, 1.807) is 0 Å². The number of ether oxygens (including phenoxy) is 1. The molecule has 0 fully saturated rings. The van der Waals surface area contributed by atoms with E-state index in [0.29, 0.717) is 17.3 Å². The van der Waals surface area contributed by atoms with E-state index in [2.05, 4.69) is 0 Å². The highest BCUT2D eigenvalue weighted by Crippen LogP contribution is 2.32. The summed E-state index contributed by atoms with van der Waals surface area (Å²) >= 11 is 6.28. The van der Waals surface area contributed by atoms with Crippen LogP contribution in [0.15, 0.2) is 18.2 Å². The number of carbonyl (C=O) groups excluding carboxylic acids is 1.